The van der Waals surface area contributed by atoms with E-state index in [1.807, 2.05) is 32.0 Å². The van der Waals surface area contributed by atoms with Gasteiger partial charge in [0.15, 0.2) is 0 Å². The summed E-state index contributed by atoms with van der Waals surface area (Å²) in [5.41, 5.74) is 1.14. The van der Waals surface area contributed by atoms with Crippen molar-refractivity contribution in [2.45, 2.75) is 44.3 Å². The Labute approximate surface area is 143 Å². The third kappa shape index (κ3) is 3.62. The number of nitrogens with zero attached hydrogens (tertiary/aromatic N) is 1. The number of hydrogen-bond donors (Lipinski definition) is 1. The van der Waals surface area contributed by atoms with Gasteiger partial charge in [0.1, 0.15) is 5.15 Å². The SMILES string of the molecule is CC[C@H](CC(C)(C)S(N)=O)c1ccc(Cl)c2cnc(Cl)cc12. The summed E-state index contributed by atoms with van der Waals surface area (Å²) >= 11 is 12.3. The highest BCUT2D eigenvalue weighted by Gasteiger charge is 2.28. The number of halogens is 2. The molecule has 2 rings (SSSR count). The van der Waals surface area contributed by atoms with Crippen LogP contribution in [0.5, 0.6) is 0 Å². The van der Waals surface area contributed by atoms with Gasteiger partial charge >= 0.3 is 0 Å². The quantitative estimate of drug-likeness (QED) is 0.778. The first kappa shape index (κ1) is 17.7. The summed E-state index contributed by atoms with van der Waals surface area (Å²) < 4.78 is 11.3. The second-order valence-electron chi connectivity index (χ2n) is 6.06. The Balaban J connectivity index is 2.54. The molecule has 0 saturated heterocycles. The van der Waals surface area contributed by atoms with Gasteiger partial charge in [-0.15, -0.1) is 0 Å². The molecular formula is C16H20Cl2N2OS. The molecule has 0 fully saturated rings. The molecule has 0 radical (unpaired) electrons. The number of aromatic nitrogens is 1. The van der Waals surface area contributed by atoms with Gasteiger partial charge in [0, 0.05) is 16.6 Å². The highest BCUT2D eigenvalue weighted by molar-refractivity contribution is 7.84. The van der Waals surface area contributed by atoms with E-state index in [-0.39, 0.29) is 5.92 Å². The van der Waals surface area contributed by atoms with E-state index in [2.05, 4.69) is 11.9 Å². The van der Waals surface area contributed by atoms with E-state index < -0.39 is 15.7 Å². The Hall–Kier alpha value is -0.680. The Morgan fingerprint density at radius 2 is 2.00 bits per heavy atom. The zero-order chi connectivity index (χ0) is 16.5. The smallest absolute Gasteiger partial charge is 0.129 e. The van der Waals surface area contributed by atoms with Crippen molar-refractivity contribution in [3.63, 3.8) is 0 Å². The van der Waals surface area contributed by atoms with Gasteiger partial charge < -0.3 is 0 Å². The van der Waals surface area contributed by atoms with Crippen molar-refractivity contribution in [3.8, 4) is 0 Å². The predicted octanol–water partition coefficient (Wildman–Crippen LogP) is 4.83. The molecule has 1 aromatic carbocycles. The zero-order valence-corrected chi connectivity index (χ0v) is 15.2. The molecule has 0 bridgehead atoms. The van der Waals surface area contributed by atoms with Crippen molar-refractivity contribution in [2.24, 2.45) is 5.14 Å². The molecule has 1 unspecified atom stereocenters. The van der Waals surface area contributed by atoms with Crippen molar-refractivity contribution in [1.82, 2.24) is 4.98 Å². The zero-order valence-electron chi connectivity index (χ0n) is 12.9. The molecule has 0 aliphatic carbocycles. The summed E-state index contributed by atoms with van der Waals surface area (Å²) in [7, 11) is -1.38. The van der Waals surface area contributed by atoms with Crippen molar-refractivity contribution in [1.29, 1.82) is 0 Å². The molecule has 120 valence electrons. The van der Waals surface area contributed by atoms with Gasteiger partial charge in [0.2, 0.25) is 0 Å². The molecule has 0 amide bonds. The van der Waals surface area contributed by atoms with E-state index in [9.17, 15) is 4.21 Å². The van der Waals surface area contributed by atoms with E-state index >= 15 is 0 Å². The first-order chi connectivity index (χ1) is 10.3. The van der Waals surface area contributed by atoms with Gasteiger partial charge in [-0.25, -0.2) is 9.19 Å². The van der Waals surface area contributed by atoms with Crippen LogP contribution in [-0.2, 0) is 11.0 Å². The Morgan fingerprint density at radius 3 is 2.59 bits per heavy atom. The van der Waals surface area contributed by atoms with Crippen LogP contribution in [0.3, 0.4) is 0 Å². The van der Waals surface area contributed by atoms with Crippen molar-refractivity contribution >= 4 is 45.0 Å². The van der Waals surface area contributed by atoms with Gasteiger partial charge in [-0.05, 0) is 55.7 Å². The monoisotopic (exact) mass is 358 g/mol. The molecule has 3 nitrogen and oxygen atoms in total. The number of pyridine rings is 1. The molecule has 0 aliphatic heterocycles. The molecule has 6 heteroatoms. The van der Waals surface area contributed by atoms with E-state index in [4.69, 9.17) is 28.3 Å². The Kier molecular flexibility index (Phi) is 5.49. The normalized spacial score (nSPS) is 15.0. The largest absolute Gasteiger partial charge is 0.251 e. The standard InChI is InChI=1S/C16H20Cl2N2OS/c1-4-10(8-16(2,3)22(19)21)11-5-6-14(17)13-9-20-15(18)7-12(11)13/h5-7,9-10H,4,8,19H2,1-3H3/t10-,22?/m1/s1. The topological polar surface area (TPSA) is 56.0 Å². The average molecular weight is 359 g/mol. The van der Waals surface area contributed by atoms with Crippen LogP contribution < -0.4 is 5.14 Å². The number of rotatable bonds is 5. The molecular weight excluding hydrogens is 339 g/mol. The minimum absolute atomic E-state index is 0.223. The van der Waals surface area contributed by atoms with Crippen molar-refractivity contribution in [2.75, 3.05) is 0 Å². The van der Waals surface area contributed by atoms with Crippen LogP contribution in [0.15, 0.2) is 24.4 Å². The summed E-state index contributed by atoms with van der Waals surface area (Å²) in [6, 6.07) is 5.74. The summed E-state index contributed by atoms with van der Waals surface area (Å²) in [4.78, 5) is 4.11. The highest BCUT2D eigenvalue weighted by atomic mass is 35.5. The maximum Gasteiger partial charge on any atom is 0.129 e. The van der Waals surface area contributed by atoms with E-state index in [1.54, 1.807) is 6.20 Å². The first-order valence-corrected chi connectivity index (χ1v) is 9.13. The number of fused-ring (bicyclic) bond motifs is 1. The van der Waals surface area contributed by atoms with Crippen LogP contribution in [0.1, 0.15) is 45.1 Å². The Morgan fingerprint density at radius 1 is 1.32 bits per heavy atom. The van der Waals surface area contributed by atoms with E-state index in [1.165, 1.54) is 0 Å². The van der Waals surface area contributed by atoms with Crippen LogP contribution in [0.2, 0.25) is 10.2 Å². The Bertz CT molecular complexity index is 719. The van der Waals surface area contributed by atoms with Gasteiger partial charge in [0.05, 0.1) is 15.7 Å². The predicted molar refractivity (Wildman–Crippen MR) is 95.8 cm³/mol. The van der Waals surface area contributed by atoms with Crippen molar-refractivity contribution in [3.05, 3.63) is 40.1 Å². The number of nitrogens with two attached hydrogens (primary N) is 1. The van der Waals surface area contributed by atoms with E-state index in [0.717, 1.165) is 29.2 Å². The van der Waals surface area contributed by atoms with Gasteiger partial charge in [0.25, 0.3) is 0 Å². The third-order valence-electron chi connectivity index (χ3n) is 4.06. The minimum Gasteiger partial charge on any atom is -0.251 e. The van der Waals surface area contributed by atoms with E-state index in [0.29, 0.717) is 10.2 Å². The molecule has 1 heterocycles. The fraction of sp³-hybridized carbons (Fsp3) is 0.438. The van der Waals surface area contributed by atoms with Crippen LogP contribution in [0.4, 0.5) is 0 Å². The van der Waals surface area contributed by atoms with Crippen LogP contribution in [0, 0.1) is 0 Å². The molecule has 22 heavy (non-hydrogen) atoms. The molecule has 0 saturated carbocycles. The highest BCUT2D eigenvalue weighted by Crippen LogP contribution is 2.37. The van der Waals surface area contributed by atoms with Gasteiger partial charge in [-0.1, -0.05) is 36.2 Å². The summed E-state index contributed by atoms with van der Waals surface area (Å²) in [5, 5.41) is 8.60. The summed E-state index contributed by atoms with van der Waals surface area (Å²) in [6.45, 7) is 5.97. The molecule has 0 aliphatic rings. The maximum absolute atomic E-state index is 11.8. The molecule has 0 spiro atoms. The fourth-order valence-electron chi connectivity index (χ4n) is 2.71. The lowest BCUT2D eigenvalue weighted by atomic mass is 9.85. The number of hydrogen-bond acceptors (Lipinski definition) is 2. The van der Waals surface area contributed by atoms with Gasteiger partial charge in [-0.3, -0.25) is 5.14 Å². The first-order valence-electron chi connectivity index (χ1n) is 7.16. The summed E-state index contributed by atoms with van der Waals surface area (Å²) in [6.07, 6.45) is 3.34. The second kappa shape index (κ2) is 6.83. The lowest BCUT2D eigenvalue weighted by molar-refractivity contribution is 0.509. The minimum atomic E-state index is -1.38. The summed E-state index contributed by atoms with van der Waals surface area (Å²) in [5.74, 6) is 0.223. The lowest BCUT2D eigenvalue weighted by Crippen LogP contribution is -2.33. The molecule has 1 aromatic heterocycles. The van der Waals surface area contributed by atoms with Gasteiger partial charge in [-0.2, -0.15) is 0 Å². The van der Waals surface area contributed by atoms with Crippen LogP contribution in [0.25, 0.3) is 10.8 Å². The molecule has 2 atom stereocenters. The maximum atomic E-state index is 11.8. The molecule has 2 N–H and O–H groups in total. The fourth-order valence-corrected chi connectivity index (χ4v) is 3.44. The average Bonchev–Trinajstić information content (AvgIpc) is 2.45. The number of benzene rings is 1. The second-order valence-corrected chi connectivity index (χ2v) is 8.55. The lowest BCUT2D eigenvalue weighted by Gasteiger charge is -2.28. The third-order valence-corrected chi connectivity index (χ3v) is 5.86. The van der Waals surface area contributed by atoms with Crippen LogP contribution in [-0.4, -0.2) is 13.9 Å². The van der Waals surface area contributed by atoms with Crippen LogP contribution >= 0.6 is 23.2 Å². The molecule has 2 aromatic rings. The van der Waals surface area contributed by atoms with Crippen molar-refractivity contribution < 1.29 is 4.21 Å².